The zero-order valence-corrected chi connectivity index (χ0v) is 18.0. The van der Waals surface area contributed by atoms with E-state index in [1.807, 2.05) is 24.3 Å². The first kappa shape index (κ1) is 21.1. The third kappa shape index (κ3) is 4.61. The molecule has 7 heteroatoms. The lowest BCUT2D eigenvalue weighted by Gasteiger charge is -2.29. The van der Waals surface area contributed by atoms with E-state index < -0.39 is 10.0 Å². The standard InChI is InChI=1S/C24H23FN2O3S/c1-31(29,30)27(17-18-8-12-21(25)13-9-18)22-14-10-20(11-15-22)24(28)26-16-4-6-19-5-2-3-7-23(19)26/h2-3,5,7-15H,4,6,16-17H2,1H3. The quantitative estimate of drug-likeness (QED) is 0.594. The summed E-state index contributed by atoms with van der Waals surface area (Å²) in [5.41, 5.74) is 3.69. The summed E-state index contributed by atoms with van der Waals surface area (Å²) >= 11 is 0. The highest BCUT2D eigenvalue weighted by Gasteiger charge is 2.24. The van der Waals surface area contributed by atoms with E-state index in [0.717, 1.165) is 30.3 Å². The van der Waals surface area contributed by atoms with Crippen LogP contribution in [0.4, 0.5) is 15.8 Å². The van der Waals surface area contributed by atoms with Gasteiger partial charge in [-0.2, -0.15) is 0 Å². The predicted octanol–water partition coefficient (Wildman–Crippen LogP) is 4.38. The molecule has 0 unspecified atom stereocenters. The van der Waals surface area contributed by atoms with Crippen molar-refractivity contribution in [2.24, 2.45) is 0 Å². The Morgan fingerprint density at radius 1 is 1.00 bits per heavy atom. The maximum absolute atomic E-state index is 13.2. The van der Waals surface area contributed by atoms with Crippen LogP contribution in [0.3, 0.4) is 0 Å². The Bertz CT molecular complexity index is 1190. The third-order valence-corrected chi connectivity index (χ3v) is 6.54. The minimum atomic E-state index is -3.58. The van der Waals surface area contributed by atoms with Crippen molar-refractivity contribution in [3.05, 3.63) is 95.3 Å². The van der Waals surface area contributed by atoms with Crippen molar-refractivity contribution >= 4 is 27.3 Å². The monoisotopic (exact) mass is 438 g/mol. The van der Waals surface area contributed by atoms with Crippen LogP contribution in [0.15, 0.2) is 72.8 Å². The number of aryl methyl sites for hydroxylation is 1. The second-order valence-electron chi connectivity index (χ2n) is 7.63. The zero-order chi connectivity index (χ0) is 22.0. The van der Waals surface area contributed by atoms with E-state index in [1.54, 1.807) is 41.3 Å². The van der Waals surface area contributed by atoms with Crippen molar-refractivity contribution in [1.29, 1.82) is 0 Å². The van der Waals surface area contributed by atoms with E-state index in [-0.39, 0.29) is 18.3 Å². The van der Waals surface area contributed by atoms with Crippen LogP contribution in [0, 0.1) is 5.82 Å². The van der Waals surface area contributed by atoms with Gasteiger partial charge in [0.25, 0.3) is 5.91 Å². The molecule has 0 saturated heterocycles. The third-order valence-electron chi connectivity index (χ3n) is 5.40. The van der Waals surface area contributed by atoms with Gasteiger partial charge in [0.15, 0.2) is 0 Å². The molecular formula is C24H23FN2O3S. The molecule has 0 fully saturated rings. The Kier molecular flexibility index (Phi) is 5.78. The fraction of sp³-hybridized carbons (Fsp3) is 0.208. The number of hydrogen-bond acceptors (Lipinski definition) is 3. The van der Waals surface area contributed by atoms with Crippen LogP contribution in [0.1, 0.15) is 27.9 Å². The highest BCUT2D eigenvalue weighted by atomic mass is 32.2. The molecular weight excluding hydrogens is 415 g/mol. The molecule has 31 heavy (non-hydrogen) atoms. The van der Waals surface area contributed by atoms with Crippen LogP contribution in [0.25, 0.3) is 0 Å². The maximum Gasteiger partial charge on any atom is 0.258 e. The van der Waals surface area contributed by atoms with Crippen molar-refractivity contribution < 1.29 is 17.6 Å². The lowest BCUT2D eigenvalue weighted by molar-refractivity contribution is 0.0985. The van der Waals surface area contributed by atoms with Gasteiger partial charge in [0.2, 0.25) is 10.0 Å². The van der Waals surface area contributed by atoms with Crippen LogP contribution < -0.4 is 9.21 Å². The summed E-state index contributed by atoms with van der Waals surface area (Å²) in [6.07, 6.45) is 2.98. The molecule has 0 spiro atoms. The van der Waals surface area contributed by atoms with Gasteiger partial charge in [0.05, 0.1) is 18.5 Å². The van der Waals surface area contributed by atoms with E-state index in [1.165, 1.54) is 16.4 Å². The Hall–Kier alpha value is -3.19. The smallest absolute Gasteiger partial charge is 0.258 e. The van der Waals surface area contributed by atoms with Gasteiger partial charge in [-0.25, -0.2) is 12.8 Å². The van der Waals surface area contributed by atoms with Gasteiger partial charge in [-0.3, -0.25) is 9.10 Å². The van der Waals surface area contributed by atoms with Crippen molar-refractivity contribution in [3.63, 3.8) is 0 Å². The minimum absolute atomic E-state index is 0.0753. The van der Waals surface area contributed by atoms with Gasteiger partial charge in [0, 0.05) is 17.8 Å². The number of anilines is 2. The second-order valence-corrected chi connectivity index (χ2v) is 9.54. The number of nitrogens with zero attached hydrogens (tertiary/aromatic N) is 2. The molecule has 1 amide bonds. The minimum Gasteiger partial charge on any atom is -0.308 e. The number of fused-ring (bicyclic) bond motifs is 1. The molecule has 1 aliphatic heterocycles. The van der Waals surface area contributed by atoms with Crippen LogP contribution >= 0.6 is 0 Å². The highest BCUT2D eigenvalue weighted by molar-refractivity contribution is 7.92. The van der Waals surface area contributed by atoms with Crippen molar-refractivity contribution in [3.8, 4) is 0 Å². The molecule has 0 aromatic heterocycles. The molecule has 1 heterocycles. The lowest BCUT2D eigenvalue weighted by atomic mass is 10.0. The molecule has 0 radical (unpaired) electrons. The molecule has 0 N–H and O–H groups in total. The Morgan fingerprint density at radius 3 is 2.35 bits per heavy atom. The average Bonchev–Trinajstić information content (AvgIpc) is 2.77. The SMILES string of the molecule is CS(=O)(=O)N(Cc1ccc(F)cc1)c1ccc(C(=O)N2CCCc3ccccc32)cc1. The summed E-state index contributed by atoms with van der Waals surface area (Å²) in [5.74, 6) is -0.486. The van der Waals surface area contributed by atoms with Crippen molar-refractivity contribution in [1.82, 2.24) is 0 Å². The van der Waals surface area contributed by atoms with Gasteiger partial charge < -0.3 is 4.90 Å². The van der Waals surface area contributed by atoms with E-state index >= 15 is 0 Å². The van der Waals surface area contributed by atoms with Crippen molar-refractivity contribution in [2.45, 2.75) is 19.4 Å². The molecule has 0 aliphatic carbocycles. The van der Waals surface area contributed by atoms with Gasteiger partial charge in [-0.05, 0) is 66.4 Å². The summed E-state index contributed by atoms with van der Waals surface area (Å²) in [4.78, 5) is 14.9. The topological polar surface area (TPSA) is 57.7 Å². The predicted molar refractivity (Wildman–Crippen MR) is 120 cm³/mol. The molecule has 0 bridgehead atoms. The summed E-state index contributed by atoms with van der Waals surface area (Å²) in [6, 6.07) is 20.2. The van der Waals surface area contributed by atoms with E-state index in [2.05, 4.69) is 0 Å². The summed E-state index contributed by atoms with van der Waals surface area (Å²) in [7, 11) is -3.58. The normalized spacial score (nSPS) is 13.5. The summed E-state index contributed by atoms with van der Waals surface area (Å²) in [5, 5.41) is 0. The largest absolute Gasteiger partial charge is 0.308 e. The van der Waals surface area contributed by atoms with E-state index in [4.69, 9.17) is 0 Å². The van der Waals surface area contributed by atoms with Crippen LogP contribution in [0.2, 0.25) is 0 Å². The molecule has 3 aromatic carbocycles. The fourth-order valence-corrected chi connectivity index (χ4v) is 4.71. The van der Waals surface area contributed by atoms with Gasteiger partial charge in [-0.15, -0.1) is 0 Å². The summed E-state index contributed by atoms with van der Waals surface area (Å²) < 4.78 is 39.2. The number of hydrogen-bond donors (Lipinski definition) is 0. The van der Waals surface area contributed by atoms with Crippen LogP contribution in [-0.4, -0.2) is 27.1 Å². The number of carbonyl (C=O) groups is 1. The maximum atomic E-state index is 13.2. The number of para-hydroxylation sites is 1. The molecule has 0 saturated carbocycles. The van der Waals surface area contributed by atoms with Crippen LogP contribution in [-0.2, 0) is 23.0 Å². The number of amides is 1. The van der Waals surface area contributed by atoms with Gasteiger partial charge >= 0.3 is 0 Å². The van der Waals surface area contributed by atoms with Crippen molar-refractivity contribution in [2.75, 3.05) is 22.0 Å². The first-order valence-electron chi connectivity index (χ1n) is 10.0. The summed E-state index contributed by atoms with van der Waals surface area (Å²) in [6.45, 7) is 0.726. The highest BCUT2D eigenvalue weighted by Crippen LogP contribution is 2.29. The second kappa shape index (κ2) is 8.51. The molecule has 160 valence electrons. The number of benzene rings is 3. The van der Waals surface area contributed by atoms with E-state index in [9.17, 15) is 17.6 Å². The molecule has 4 rings (SSSR count). The van der Waals surface area contributed by atoms with E-state index in [0.29, 0.717) is 23.4 Å². The number of rotatable bonds is 5. The Morgan fingerprint density at radius 2 is 1.68 bits per heavy atom. The fourth-order valence-electron chi connectivity index (χ4n) is 3.83. The Balaban J connectivity index is 1.59. The Labute approximate surface area is 181 Å². The van der Waals surface area contributed by atoms with Gasteiger partial charge in [0.1, 0.15) is 5.82 Å². The molecule has 1 aliphatic rings. The molecule has 3 aromatic rings. The first-order chi connectivity index (χ1) is 14.8. The zero-order valence-electron chi connectivity index (χ0n) is 17.2. The number of sulfonamides is 1. The molecule has 5 nitrogen and oxygen atoms in total. The molecule has 0 atom stereocenters. The average molecular weight is 439 g/mol. The first-order valence-corrected chi connectivity index (χ1v) is 11.9. The van der Waals surface area contributed by atoms with Gasteiger partial charge in [-0.1, -0.05) is 30.3 Å². The number of carbonyl (C=O) groups excluding carboxylic acids is 1. The number of halogens is 1. The lowest BCUT2D eigenvalue weighted by Crippen LogP contribution is -2.35. The van der Waals surface area contributed by atoms with Crippen LogP contribution in [0.5, 0.6) is 0 Å².